The number of halogens is 1. The zero-order valence-corrected chi connectivity index (χ0v) is 19.2. The summed E-state index contributed by atoms with van der Waals surface area (Å²) in [6.45, 7) is 2.88. The number of benzene rings is 1. The molecule has 1 saturated heterocycles. The third-order valence-electron chi connectivity index (χ3n) is 5.79. The van der Waals surface area contributed by atoms with Gasteiger partial charge in [-0.15, -0.1) is 24.0 Å². The van der Waals surface area contributed by atoms with Gasteiger partial charge in [-0.3, -0.25) is 4.99 Å². The van der Waals surface area contributed by atoms with Crippen LogP contribution >= 0.6 is 24.0 Å². The number of likely N-dealkylation sites (tertiary alicyclic amines) is 1. The van der Waals surface area contributed by atoms with Gasteiger partial charge >= 0.3 is 0 Å². The maximum atomic E-state index is 5.44. The molecule has 2 aliphatic rings. The van der Waals surface area contributed by atoms with E-state index >= 15 is 0 Å². The first kappa shape index (κ1) is 21.9. The van der Waals surface area contributed by atoms with Crippen LogP contribution in [0.4, 0.5) is 0 Å². The molecule has 152 valence electrons. The maximum absolute atomic E-state index is 5.44. The van der Waals surface area contributed by atoms with Gasteiger partial charge in [0.2, 0.25) is 5.75 Å². The second-order valence-corrected chi connectivity index (χ2v) is 7.31. The molecule has 1 aliphatic carbocycles. The van der Waals surface area contributed by atoms with E-state index in [0.717, 1.165) is 24.6 Å². The van der Waals surface area contributed by atoms with Crippen LogP contribution in [0.25, 0.3) is 0 Å². The normalized spacial score (nSPS) is 18.4. The lowest BCUT2D eigenvalue weighted by Crippen LogP contribution is -2.40. The molecule has 0 atom stereocenters. The quantitative estimate of drug-likeness (QED) is 0.389. The molecule has 3 rings (SSSR count). The van der Waals surface area contributed by atoms with E-state index in [1.165, 1.54) is 32.1 Å². The van der Waals surface area contributed by atoms with Crippen LogP contribution in [0.3, 0.4) is 0 Å². The highest BCUT2D eigenvalue weighted by molar-refractivity contribution is 14.0. The van der Waals surface area contributed by atoms with Gasteiger partial charge in [0.25, 0.3) is 0 Å². The van der Waals surface area contributed by atoms with E-state index < -0.39 is 0 Å². The Bertz CT molecular complexity index is 635. The maximum Gasteiger partial charge on any atom is 0.203 e. The minimum atomic E-state index is 0. The third kappa shape index (κ3) is 4.73. The second kappa shape index (κ2) is 9.71. The van der Waals surface area contributed by atoms with Crippen molar-refractivity contribution in [2.24, 2.45) is 10.4 Å². The molecule has 1 aliphatic heterocycles. The lowest BCUT2D eigenvalue weighted by atomic mass is 9.86. The summed E-state index contributed by atoms with van der Waals surface area (Å²) in [7, 11) is 6.75. The van der Waals surface area contributed by atoms with Crippen LogP contribution in [-0.4, -0.2) is 52.3 Å². The van der Waals surface area contributed by atoms with E-state index in [2.05, 4.69) is 15.2 Å². The van der Waals surface area contributed by atoms with Gasteiger partial charge in [-0.2, -0.15) is 0 Å². The van der Waals surface area contributed by atoms with Gasteiger partial charge in [0, 0.05) is 26.7 Å². The predicted octanol–water partition coefficient (Wildman–Crippen LogP) is 3.67. The summed E-state index contributed by atoms with van der Waals surface area (Å²) in [5, 5.41) is 3.50. The molecule has 0 amide bonds. The molecule has 1 aromatic rings. The molecule has 0 aromatic heterocycles. The highest BCUT2D eigenvalue weighted by atomic mass is 127. The number of nitrogens with one attached hydrogen (secondary N) is 1. The Morgan fingerprint density at radius 3 is 2.22 bits per heavy atom. The van der Waals surface area contributed by atoms with Gasteiger partial charge in [-0.05, 0) is 42.4 Å². The first-order valence-electron chi connectivity index (χ1n) is 9.39. The van der Waals surface area contributed by atoms with Crippen molar-refractivity contribution in [1.82, 2.24) is 10.2 Å². The number of ether oxygens (including phenoxy) is 3. The summed E-state index contributed by atoms with van der Waals surface area (Å²) in [5.74, 6) is 2.93. The van der Waals surface area contributed by atoms with Crippen molar-refractivity contribution in [3.05, 3.63) is 17.7 Å². The molecule has 1 saturated carbocycles. The van der Waals surface area contributed by atoms with Crippen molar-refractivity contribution in [1.29, 1.82) is 0 Å². The average Bonchev–Trinajstić information content (AvgIpc) is 3.31. The Morgan fingerprint density at radius 2 is 1.70 bits per heavy atom. The largest absolute Gasteiger partial charge is 0.493 e. The summed E-state index contributed by atoms with van der Waals surface area (Å²) < 4.78 is 16.3. The fraction of sp³-hybridized carbons (Fsp3) is 0.650. The number of rotatable bonds is 5. The van der Waals surface area contributed by atoms with Gasteiger partial charge in [-0.25, -0.2) is 0 Å². The smallest absolute Gasteiger partial charge is 0.203 e. The van der Waals surface area contributed by atoms with Crippen molar-refractivity contribution in [2.45, 2.75) is 38.6 Å². The Morgan fingerprint density at radius 1 is 1.07 bits per heavy atom. The van der Waals surface area contributed by atoms with Crippen LogP contribution in [0, 0.1) is 5.41 Å². The fourth-order valence-corrected chi connectivity index (χ4v) is 4.40. The van der Waals surface area contributed by atoms with E-state index in [1.807, 2.05) is 19.2 Å². The van der Waals surface area contributed by atoms with E-state index in [-0.39, 0.29) is 24.0 Å². The van der Waals surface area contributed by atoms with Crippen LogP contribution in [0.1, 0.15) is 37.7 Å². The number of guanidine groups is 1. The van der Waals surface area contributed by atoms with Crippen LogP contribution in [0.5, 0.6) is 17.2 Å². The summed E-state index contributed by atoms with van der Waals surface area (Å²) in [5.41, 5.74) is 1.60. The average molecular weight is 489 g/mol. The lowest BCUT2D eigenvalue weighted by molar-refractivity contribution is 0.309. The van der Waals surface area contributed by atoms with E-state index in [0.29, 0.717) is 29.2 Å². The topological polar surface area (TPSA) is 55.3 Å². The fourth-order valence-electron chi connectivity index (χ4n) is 4.40. The molecule has 0 unspecified atom stereocenters. The standard InChI is InChI=1S/C20H31N3O3.HI/c1-21-19(23-10-9-20(14-23)7-5-6-8-20)22-13-15-11-16(24-2)18(26-4)17(12-15)25-3;/h11-12H,5-10,13-14H2,1-4H3,(H,21,22);1H. The van der Waals surface area contributed by atoms with Crippen molar-refractivity contribution >= 4 is 29.9 Å². The molecule has 1 aromatic carbocycles. The zero-order valence-electron chi connectivity index (χ0n) is 16.8. The highest BCUT2D eigenvalue weighted by Crippen LogP contribution is 2.45. The van der Waals surface area contributed by atoms with E-state index in [4.69, 9.17) is 14.2 Å². The van der Waals surface area contributed by atoms with Crippen LogP contribution in [-0.2, 0) is 6.54 Å². The van der Waals surface area contributed by atoms with Crippen molar-refractivity contribution in [3.8, 4) is 17.2 Å². The molecule has 7 heteroatoms. The Kier molecular flexibility index (Phi) is 7.88. The zero-order chi connectivity index (χ0) is 18.6. The summed E-state index contributed by atoms with van der Waals surface area (Å²) in [6, 6.07) is 3.95. The first-order valence-corrected chi connectivity index (χ1v) is 9.39. The monoisotopic (exact) mass is 489 g/mol. The summed E-state index contributed by atoms with van der Waals surface area (Å²) >= 11 is 0. The number of methoxy groups -OCH3 is 3. The number of aliphatic imine (C=N–C) groups is 1. The van der Waals surface area contributed by atoms with Gasteiger partial charge in [0.1, 0.15) is 0 Å². The molecular formula is C20H32IN3O3. The molecule has 27 heavy (non-hydrogen) atoms. The van der Waals surface area contributed by atoms with Gasteiger partial charge < -0.3 is 24.4 Å². The SMILES string of the molecule is CN=C(NCc1cc(OC)c(OC)c(OC)c1)N1CCC2(CCCC2)C1.I. The molecule has 6 nitrogen and oxygen atoms in total. The second-order valence-electron chi connectivity index (χ2n) is 7.31. The molecule has 1 N–H and O–H groups in total. The van der Waals surface area contributed by atoms with Crippen molar-refractivity contribution in [2.75, 3.05) is 41.5 Å². The molecule has 0 radical (unpaired) electrons. The Hall–Kier alpha value is -1.38. The number of hydrogen-bond acceptors (Lipinski definition) is 4. The van der Waals surface area contributed by atoms with E-state index in [1.54, 1.807) is 21.3 Å². The minimum Gasteiger partial charge on any atom is -0.493 e. The first-order chi connectivity index (χ1) is 12.6. The van der Waals surface area contributed by atoms with Crippen LogP contribution in [0.2, 0.25) is 0 Å². The molecule has 0 bridgehead atoms. The summed E-state index contributed by atoms with van der Waals surface area (Å²) in [6.07, 6.45) is 6.79. The molecule has 1 spiro atoms. The molecular weight excluding hydrogens is 457 g/mol. The molecule has 2 fully saturated rings. The Labute approximate surface area is 179 Å². The van der Waals surface area contributed by atoms with Gasteiger partial charge in [0.15, 0.2) is 17.5 Å². The van der Waals surface area contributed by atoms with Gasteiger partial charge in [0.05, 0.1) is 21.3 Å². The van der Waals surface area contributed by atoms with Crippen molar-refractivity contribution in [3.63, 3.8) is 0 Å². The lowest BCUT2D eigenvalue weighted by Gasteiger charge is -2.26. The van der Waals surface area contributed by atoms with Crippen molar-refractivity contribution < 1.29 is 14.2 Å². The van der Waals surface area contributed by atoms with E-state index in [9.17, 15) is 0 Å². The number of nitrogens with zero attached hydrogens (tertiary/aromatic N) is 2. The van der Waals surface area contributed by atoms with Gasteiger partial charge in [-0.1, -0.05) is 12.8 Å². The Balaban J connectivity index is 0.00000261. The van der Waals surface area contributed by atoms with Crippen LogP contribution < -0.4 is 19.5 Å². The highest BCUT2D eigenvalue weighted by Gasteiger charge is 2.41. The molecule has 1 heterocycles. The van der Waals surface area contributed by atoms with Crippen LogP contribution in [0.15, 0.2) is 17.1 Å². The third-order valence-corrected chi connectivity index (χ3v) is 5.79. The number of hydrogen-bond donors (Lipinski definition) is 1. The predicted molar refractivity (Wildman–Crippen MR) is 119 cm³/mol. The minimum absolute atomic E-state index is 0. The summed E-state index contributed by atoms with van der Waals surface area (Å²) in [4.78, 5) is 6.91.